The highest BCUT2D eigenvalue weighted by Gasteiger charge is 2.41. The maximum atomic E-state index is 13.2. The van der Waals surface area contributed by atoms with Crippen molar-refractivity contribution in [3.05, 3.63) is 0 Å². The molecule has 3 unspecified atom stereocenters. The molecular formula is C18H32ClN3O3S. The Hall–Kier alpha value is -0.370. The van der Waals surface area contributed by atoms with Crippen molar-refractivity contribution in [1.29, 1.82) is 0 Å². The summed E-state index contributed by atoms with van der Waals surface area (Å²) in [5, 5.41) is 3.14. The van der Waals surface area contributed by atoms with Crippen LogP contribution < -0.4 is 5.32 Å². The van der Waals surface area contributed by atoms with Crippen LogP contribution in [-0.4, -0.2) is 67.0 Å². The molecule has 1 amide bonds. The van der Waals surface area contributed by atoms with Crippen LogP contribution in [0.2, 0.25) is 0 Å². The third-order valence-electron chi connectivity index (χ3n) is 6.66. The minimum absolute atomic E-state index is 0. The van der Waals surface area contributed by atoms with Gasteiger partial charge in [0, 0.05) is 44.2 Å². The van der Waals surface area contributed by atoms with Gasteiger partial charge in [-0.25, -0.2) is 12.7 Å². The first kappa shape index (κ1) is 20.4. The second-order valence-electron chi connectivity index (χ2n) is 8.36. The molecule has 4 aliphatic rings. The van der Waals surface area contributed by atoms with Gasteiger partial charge in [-0.2, -0.15) is 0 Å². The van der Waals surface area contributed by atoms with E-state index in [1.54, 1.807) is 4.31 Å². The Labute approximate surface area is 163 Å². The van der Waals surface area contributed by atoms with Crippen LogP contribution >= 0.6 is 12.4 Å². The smallest absolute Gasteiger partial charge is 0.225 e. The van der Waals surface area contributed by atoms with Gasteiger partial charge in [0.2, 0.25) is 15.9 Å². The Bertz CT molecular complexity index is 609. The number of hydrogen-bond acceptors (Lipinski definition) is 4. The lowest BCUT2D eigenvalue weighted by atomic mass is 10.0. The van der Waals surface area contributed by atoms with Crippen LogP contribution in [0.3, 0.4) is 0 Å². The first-order valence-corrected chi connectivity index (χ1v) is 11.6. The number of carbonyl (C=O) groups excluding carboxylic acids is 1. The fraction of sp³-hybridized carbons (Fsp3) is 0.944. The van der Waals surface area contributed by atoms with Crippen molar-refractivity contribution >= 4 is 28.3 Å². The van der Waals surface area contributed by atoms with Crippen molar-refractivity contribution < 1.29 is 13.2 Å². The lowest BCUT2D eigenvalue weighted by molar-refractivity contribution is -0.136. The molecule has 4 rings (SSSR count). The van der Waals surface area contributed by atoms with Crippen LogP contribution in [0.4, 0.5) is 0 Å². The van der Waals surface area contributed by atoms with Gasteiger partial charge in [-0.3, -0.25) is 4.79 Å². The number of nitrogens with one attached hydrogen (secondary N) is 1. The van der Waals surface area contributed by atoms with Crippen molar-refractivity contribution in [2.24, 2.45) is 5.92 Å². The van der Waals surface area contributed by atoms with Crippen LogP contribution in [0, 0.1) is 5.92 Å². The number of carbonyl (C=O) groups is 1. The van der Waals surface area contributed by atoms with E-state index in [-0.39, 0.29) is 24.2 Å². The molecule has 8 heteroatoms. The van der Waals surface area contributed by atoms with Gasteiger partial charge >= 0.3 is 0 Å². The Morgan fingerprint density at radius 1 is 0.846 bits per heavy atom. The predicted octanol–water partition coefficient (Wildman–Crippen LogP) is 1.75. The molecule has 3 atom stereocenters. The molecule has 3 aliphatic heterocycles. The fourth-order valence-electron chi connectivity index (χ4n) is 5.17. The van der Waals surface area contributed by atoms with E-state index < -0.39 is 15.3 Å². The lowest BCUT2D eigenvalue weighted by Crippen LogP contribution is -2.51. The van der Waals surface area contributed by atoms with Gasteiger partial charge in [-0.15, -0.1) is 12.4 Å². The number of amides is 1. The number of rotatable bonds is 3. The van der Waals surface area contributed by atoms with Crippen LogP contribution in [0.1, 0.15) is 57.8 Å². The average Bonchev–Trinajstić information content (AvgIpc) is 3.24. The van der Waals surface area contributed by atoms with Crippen molar-refractivity contribution in [3.8, 4) is 0 Å². The third kappa shape index (κ3) is 4.05. The summed E-state index contributed by atoms with van der Waals surface area (Å²) in [5.41, 5.74) is 0. The van der Waals surface area contributed by atoms with Gasteiger partial charge in [-0.1, -0.05) is 12.8 Å². The molecule has 0 spiro atoms. The number of fused-ring (bicyclic) bond motifs is 2. The Morgan fingerprint density at radius 2 is 1.58 bits per heavy atom. The highest BCUT2D eigenvalue weighted by Crippen LogP contribution is 2.30. The molecule has 0 aromatic carbocycles. The summed E-state index contributed by atoms with van der Waals surface area (Å²) in [7, 11) is -3.32. The summed E-state index contributed by atoms with van der Waals surface area (Å²) in [6, 6.07) is 0.791. The zero-order chi connectivity index (χ0) is 17.4. The van der Waals surface area contributed by atoms with Gasteiger partial charge < -0.3 is 10.2 Å². The summed E-state index contributed by atoms with van der Waals surface area (Å²) >= 11 is 0. The molecule has 3 saturated heterocycles. The molecule has 150 valence electrons. The number of sulfonamides is 1. The quantitative estimate of drug-likeness (QED) is 0.776. The number of piperidine rings is 1. The SMILES string of the molecule is Cl.O=C(C1CCCC1)N1CCCC(S(=O)(=O)N2CCC3CCC(C2)N3)C1. The van der Waals surface area contributed by atoms with E-state index in [2.05, 4.69) is 5.32 Å². The molecule has 0 aromatic heterocycles. The number of nitrogens with zero attached hydrogens (tertiary/aromatic N) is 2. The Kier molecular flexibility index (Phi) is 6.53. The molecule has 3 heterocycles. The minimum Gasteiger partial charge on any atom is -0.341 e. The summed E-state index contributed by atoms with van der Waals surface area (Å²) in [5.74, 6) is 0.341. The summed E-state index contributed by atoms with van der Waals surface area (Å²) in [6.07, 6.45) is 8.88. The van der Waals surface area contributed by atoms with Crippen molar-refractivity contribution in [2.75, 3.05) is 26.2 Å². The highest BCUT2D eigenvalue weighted by atomic mass is 35.5. The molecule has 4 fully saturated rings. The molecule has 0 aromatic rings. The van der Waals surface area contributed by atoms with Crippen molar-refractivity contribution in [1.82, 2.24) is 14.5 Å². The van der Waals surface area contributed by atoms with E-state index >= 15 is 0 Å². The first-order valence-electron chi connectivity index (χ1n) is 10.1. The Balaban J connectivity index is 0.00000196. The number of likely N-dealkylation sites (tertiary alicyclic amines) is 1. The zero-order valence-electron chi connectivity index (χ0n) is 15.4. The van der Waals surface area contributed by atoms with Crippen LogP contribution in [0.5, 0.6) is 0 Å². The maximum absolute atomic E-state index is 13.2. The second-order valence-corrected chi connectivity index (χ2v) is 10.6. The monoisotopic (exact) mass is 405 g/mol. The summed E-state index contributed by atoms with van der Waals surface area (Å²) in [6.45, 7) is 2.36. The van der Waals surface area contributed by atoms with Gasteiger partial charge in [0.15, 0.2) is 0 Å². The molecule has 1 aliphatic carbocycles. The largest absolute Gasteiger partial charge is 0.341 e. The minimum atomic E-state index is -3.32. The first-order chi connectivity index (χ1) is 12.0. The van der Waals surface area contributed by atoms with Crippen molar-refractivity contribution in [2.45, 2.75) is 75.1 Å². The van der Waals surface area contributed by atoms with Crippen LogP contribution in [-0.2, 0) is 14.8 Å². The number of halogens is 1. The van der Waals surface area contributed by atoms with Gasteiger partial charge in [0.25, 0.3) is 0 Å². The molecule has 1 saturated carbocycles. The molecule has 0 radical (unpaired) electrons. The van der Waals surface area contributed by atoms with Crippen molar-refractivity contribution in [3.63, 3.8) is 0 Å². The number of hydrogen-bond donors (Lipinski definition) is 1. The molecular weight excluding hydrogens is 374 g/mol. The van der Waals surface area contributed by atoms with Gasteiger partial charge in [0.05, 0.1) is 5.25 Å². The molecule has 1 N–H and O–H groups in total. The summed E-state index contributed by atoms with van der Waals surface area (Å²) < 4.78 is 28.2. The third-order valence-corrected chi connectivity index (χ3v) is 8.94. The van der Waals surface area contributed by atoms with Gasteiger partial charge in [-0.05, 0) is 44.9 Å². The van der Waals surface area contributed by atoms with Crippen LogP contribution in [0.25, 0.3) is 0 Å². The van der Waals surface area contributed by atoms with E-state index in [0.717, 1.165) is 51.5 Å². The second kappa shape index (κ2) is 8.33. The van der Waals surface area contributed by atoms with E-state index in [1.165, 1.54) is 6.42 Å². The highest BCUT2D eigenvalue weighted by molar-refractivity contribution is 7.89. The van der Waals surface area contributed by atoms with E-state index in [1.807, 2.05) is 4.90 Å². The predicted molar refractivity (Wildman–Crippen MR) is 104 cm³/mol. The molecule has 2 bridgehead atoms. The topological polar surface area (TPSA) is 69.7 Å². The zero-order valence-corrected chi connectivity index (χ0v) is 17.1. The Morgan fingerprint density at radius 3 is 2.35 bits per heavy atom. The van der Waals surface area contributed by atoms with Gasteiger partial charge in [0.1, 0.15) is 0 Å². The normalized spacial score (nSPS) is 33.7. The average molecular weight is 406 g/mol. The standard InChI is InChI=1S/C18H31N3O3S.ClH/c22-18(14-4-1-2-5-14)20-10-3-6-17(13-20)25(23,24)21-11-9-15-7-8-16(12-21)19-15;/h14-17,19H,1-13H2;1H. The van der Waals surface area contributed by atoms with E-state index in [9.17, 15) is 13.2 Å². The van der Waals surface area contributed by atoms with Crippen LogP contribution in [0.15, 0.2) is 0 Å². The van der Waals surface area contributed by atoms with E-state index in [4.69, 9.17) is 0 Å². The lowest BCUT2D eigenvalue weighted by Gasteiger charge is -2.36. The van der Waals surface area contributed by atoms with E-state index in [0.29, 0.717) is 38.1 Å². The summed E-state index contributed by atoms with van der Waals surface area (Å²) in [4.78, 5) is 14.6. The fourth-order valence-corrected chi connectivity index (χ4v) is 7.17. The molecule has 26 heavy (non-hydrogen) atoms. The maximum Gasteiger partial charge on any atom is 0.225 e. The molecule has 6 nitrogen and oxygen atoms in total.